The van der Waals surface area contributed by atoms with Crippen molar-refractivity contribution in [3.63, 3.8) is 0 Å². The molecule has 0 aliphatic heterocycles. The number of hydrogen-bond acceptors (Lipinski definition) is 9. The van der Waals surface area contributed by atoms with Crippen molar-refractivity contribution < 1.29 is 39.0 Å². The second-order valence-corrected chi connectivity index (χ2v) is 9.29. The van der Waals surface area contributed by atoms with E-state index >= 15 is 0 Å². The summed E-state index contributed by atoms with van der Waals surface area (Å²) in [7, 11) is 0. The molecular formula is C25H34N8O8. The molecule has 1 aromatic heterocycles. The van der Waals surface area contributed by atoms with E-state index in [1.165, 1.54) is 36.8 Å². The number of rotatable bonds is 17. The van der Waals surface area contributed by atoms with E-state index in [1.807, 2.05) is 0 Å². The van der Waals surface area contributed by atoms with Gasteiger partial charge in [0.2, 0.25) is 29.5 Å². The van der Waals surface area contributed by atoms with Crippen LogP contribution in [0.5, 0.6) is 5.75 Å². The number of carboxylic acids is 1. The maximum Gasteiger partial charge on any atom is 0.326 e. The van der Waals surface area contributed by atoms with E-state index in [4.69, 9.17) is 17.2 Å². The van der Waals surface area contributed by atoms with Gasteiger partial charge in [0.1, 0.15) is 23.9 Å². The highest BCUT2D eigenvalue weighted by atomic mass is 16.4. The number of aromatic amines is 1. The minimum atomic E-state index is -1.41. The van der Waals surface area contributed by atoms with E-state index in [-0.39, 0.29) is 44.3 Å². The third-order valence-corrected chi connectivity index (χ3v) is 5.95. The quantitative estimate of drug-likeness (QED) is 0.0941. The minimum Gasteiger partial charge on any atom is -0.508 e. The van der Waals surface area contributed by atoms with Crippen molar-refractivity contribution in [1.82, 2.24) is 25.9 Å². The molecule has 0 bridgehead atoms. The number of aromatic hydroxyl groups is 1. The van der Waals surface area contributed by atoms with Crippen LogP contribution in [0, 0.1) is 0 Å². The summed E-state index contributed by atoms with van der Waals surface area (Å²) >= 11 is 0. The van der Waals surface area contributed by atoms with Gasteiger partial charge >= 0.3 is 5.97 Å². The number of nitrogens with zero attached hydrogens (tertiary/aromatic N) is 1. The lowest BCUT2D eigenvalue weighted by Crippen LogP contribution is -2.58. The van der Waals surface area contributed by atoms with Crippen LogP contribution in [0.4, 0.5) is 0 Å². The molecule has 1 heterocycles. The number of carbonyl (C=O) groups is 6. The van der Waals surface area contributed by atoms with Crippen LogP contribution in [-0.4, -0.2) is 79.9 Å². The van der Waals surface area contributed by atoms with Gasteiger partial charge in [-0.1, -0.05) is 12.1 Å². The van der Waals surface area contributed by atoms with Crippen LogP contribution in [0.15, 0.2) is 36.8 Å². The lowest BCUT2D eigenvalue weighted by molar-refractivity contribution is -0.142. The van der Waals surface area contributed by atoms with Crippen molar-refractivity contribution >= 4 is 35.5 Å². The average Bonchev–Trinajstić information content (AvgIpc) is 3.42. The summed E-state index contributed by atoms with van der Waals surface area (Å²) in [6, 6.07) is 0.440. The smallest absolute Gasteiger partial charge is 0.326 e. The predicted molar refractivity (Wildman–Crippen MR) is 142 cm³/mol. The van der Waals surface area contributed by atoms with Gasteiger partial charge in [0, 0.05) is 37.6 Å². The van der Waals surface area contributed by atoms with Crippen LogP contribution in [0.3, 0.4) is 0 Å². The molecule has 0 aliphatic rings. The Morgan fingerprint density at radius 3 is 1.93 bits per heavy atom. The Hall–Kier alpha value is -4.99. The highest BCUT2D eigenvalue weighted by molar-refractivity contribution is 5.94. The van der Waals surface area contributed by atoms with Crippen LogP contribution in [0.1, 0.15) is 36.9 Å². The fourth-order valence-corrected chi connectivity index (χ4v) is 3.70. The number of nitrogens with one attached hydrogen (secondary N) is 4. The Labute approximate surface area is 234 Å². The Balaban J connectivity index is 2.20. The number of phenols is 1. The van der Waals surface area contributed by atoms with Gasteiger partial charge < -0.3 is 48.3 Å². The van der Waals surface area contributed by atoms with Gasteiger partial charge in [0.15, 0.2) is 0 Å². The molecule has 2 aromatic rings. The summed E-state index contributed by atoms with van der Waals surface area (Å²) in [4.78, 5) is 80.0. The Bertz CT molecular complexity index is 1220. The fraction of sp³-hybridized carbons (Fsp3) is 0.400. The minimum absolute atomic E-state index is 0.0236. The first kappa shape index (κ1) is 32.2. The molecule has 0 aliphatic carbocycles. The van der Waals surface area contributed by atoms with E-state index in [2.05, 4.69) is 25.9 Å². The number of hydrogen-bond donors (Lipinski definition) is 9. The molecule has 16 heteroatoms. The number of aromatic nitrogens is 2. The number of amides is 5. The third kappa shape index (κ3) is 11.3. The summed E-state index contributed by atoms with van der Waals surface area (Å²) < 4.78 is 0. The molecule has 12 N–H and O–H groups in total. The first-order chi connectivity index (χ1) is 19.3. The molecule has 0 radical (unpaired) electrons. The SMILES string of the molecule is NC(=O)CCC(N)C(=O)NC(Cc1cnc[nH]1)C(=O)NC(CCC(N)=O)C(=O)NC(Cc1ccc(O)cc1)C(=O)O. The standard InChI is InChI=1S/C25H34N8O8/c26-16(5-7-20(27)35)22(37)32-18(10-14-11-29-12-30-14)24(39)31-17(6-8-21(28)36)23(38)33-19(25(40)41)9-13-1-3-15(34)4-2-13/h1-4,11-12,16-19,34H,5-10,26H2,(H2,27,35)(H2,28,36)(H,29,30)(H,31,39)(H,32,37)(H,33,38)(H,40,41). The van der Waals surface area contributed by atoms with Crippen LogP contribution in [0.25, 0.3) is 0 Å². The van der Waals surface area contributed by atoms with Crippen molar-refractivity contribution in [2.45, 2.75) is 62.7 Å². The number of benzene rings is 1. The van der Waals surface area contributed by atoms with Gasteiger partial charge in [-0.15, -0.1) is 0 Å². The number of carboxylic acid groups (broad SMARTS) is 1. The van der Waals surface area contributed by atoms with Gasteiger partial charge in [-0.3, -0.25) is 24.0 Å². The highest BCUT2D eigenvalue weighted by Gasteiger charge is 2.31. The second-order valence-electron chi connectivity index (χ2n) is 9.29. The average molecular weight is 575 g/mol. The van der Waals surface area contributed by atoms with Gasteiger partial charge in [-0.25, -0.2) is 9.78 Å². The molecule has 0 fully saturated rings. The zero-order valence-corrected chi connectivity index (χ0v) is 22.0. The number of imidazole rings is 1. The van der Waals surface area contributed by atoms with E-state index in [1.54, 1.807) is 0 Å². The lowest BCUT2D eigenvalue weighted by atomic mass is 10.0. The number of aliphatic carboxylic acids is 1. The molecule has 1 aromatic carbocycles. The fourth-order valence-electron chi connectivity index (χ4n) is 3.70. The van der Waals surface area contributed by atoms with E-state index in [0.717, 1.165) is 0 Å². The molecule has 16 nitrogen and oxygen atoms in total. The van der Waals surface area contributed by atoms with Crippen molar-refractivity contribution in [2.24, 2.45) is 17.2 Å². The largest absolute Gasteiger partial charge is 0.508 e. The summed E-state index contributed by atoms with van der Waals surface area (Å²) in [6.07, 6.45) is 1.73. The zero-order chi connectivity index (χ0) is 30.5. The summed E-state index contributed by atoms with van der Waals surface area (Å²) in [5.41, 5.74) is 17.1. The van der Waals surface area contributed by atoms with Crippen molar-refractivity contribution in [2.75, 3.05) is 0 Å². The maximum atomic E-state index is 13.3. The Kier molecular flexibility index (Phi) is 12.2. The molecular weight excluding hydrogens is 540 g/mol. The van der Waals surface area contributed by atoms with Gasteiger partial charge in [0.25, 0.3) is 0 Å². The van der Waals surface area contributed by atoms with E-state index in [9.17, 15) is 39.0 Å². The van der Waals surface area contributed by atoms with Crippen molar-refractivity contribution in [1.29, 1.82) is 0 Å². The number of primary amides is 2. The molecule has 0 spiro atoms. The number of nitrogens with two attached hydrogens (primary N) is 3. The van der Waals surface area contributed by atoms with Crippen molar-refractivity contribution in [3.05, 3.63) is 48.0 Å². The van der Waals surface area contributed by atoms with Crippen LogP contribution < -0.4 is 33.2 Å². The Morgan fingerprint density at radius 2 is 1.37 bits per heavy atom. The summed E-state index contributed by atoms with van der Waals surface area (Å²) in [5, 5.41) is 26.4. The molecule has 41 heavy (non-hydrogen) atoms. The normalized spacial score (nSPS) is 13.7. The number of phenolic OH excluding ortho intramolecular Hbond substituents is 1. The summed E-state index contributed by atoms with van der Waals surface area (Å²) in [6.45, 7) is 0. The van der Waals surface area contributed by atoms with Gasteiger partial charge in [-0.05, 0) is 30.5 Å². The van der Waals surface area contributed by atoms with Gasteiger partial charge in [0.05, 0.1) is 12.4 Å². The first-order valence-electron chi connectivity index (χ1n) is 12.6. The lowest BCUT2D eigenvalue weighted by Gasteiger charge is -2.25. The molecule has 2 rings (SSSR count). The predicted octanol–water partition coefficient (Wildman–Crippen LogP) is -2.70. The molecule has 4 atom stereocenters. The van der Waals surface area contributed by atoms with Crippen molar-refractivity contribution in [3.8, 4) is 5.75 Å². The highest BCUT2D eigenvalue weighted by Crippen LogP contribution is 2.12. The number of carbonyl (C=O) groups excluding carboxylic acids is 5. The summed E-state index contributed by atoms with van der Waals surface area (Å²) in [5.74, 6) is -5.32. The van der Waals surface area contributed by atoms with Crippen LogP contribution in [-0.2, 0) is 41.6 Å². The molecule has 4 unspecified atom stereocenters. The maximum absolute atomic E-state index is 13.3. The molecule has 222 valence electrons. The monoisotopic (exact) mass is 574 g/mol. The van der Waals surface area contributed by atoms with Crippen LogP contribution in [0.2, 0.25) is 0 Å². The molecule has 5 amide bonds. The first-order valence-corrected chi connectivity index (χ1v) is 12.6. The molecule has 0 saturated carbocycles. The topological polar surface area (TPSA) is 286 Å². The van der Waals surface area contributed by atoms with Gasteiger partial charge in [-0.2, -0.15) is 0 Å². The second kappa shape index (κ2) is 15.6. The third-order valence-electron chi connectivity index (χ3n) is 5.95. The van der Waals surface area contributed by atoms with E-state index in [0.29, 0.717) is 11.3 Å². The number of H-pyrrole nitrogens is 1. The zero-order valence-electron chi connectivity index (χ0n) is 22.0. The molecule has 0 saturated heterocycles. The Morgan fingerprint density at radius 1 is 0.805 bits per heavy atom. The van der Waals surface area contributed by atoms with Crippen LogP contribution >= 0.6 is 0 Å². The van der Waals surface area contributed by atoms with E-state index < -0.39 is 59.7 Å².